The van der Waals surface area contributed by atoms with E-state index in [1.54, 1.807) is 24.3 Å². The van der Waals surface area contributed by atoms with E-state index >= 15 is 0 Å². The number of nitrogen functional groups attached to an aromatic ring is 1. The number of nitrogens with two attached hydrogens (primary N) is 1. The Morgan fingerprint density at radius 3 is 2.70 bits per heavy atom. The summed E-state index contributed by atoms with van der Waals surface area (Å²) in [5, 5.41) is 8.85. The van der Waals surface area contributed by atoms with Crippen LogP contribution < -0.4 is 5.73 Å². The molecule has 0 amide bonds. The first-order valence-electron chi connectivity index (χ1n) is 5.94. The first-order chi connectivity index (χ1) is 9.51. The largest absolute Gasteiger partial charge is 0.398 e. The molecule has 0 spiro atoms. The third-order valence-electron chi connectivity index (χ3n) is 2.98. The van der Waals surface area contributed by atoms with Crippen LogP contribution in [0.2, 0.25) is 0 Å². The Hall–Kier alpha value is -1.64. The van der Waals surface area contributed by atoms with Crippen molar-refractivity contribution in [2.75, 3.05) is 5.73 Å². The van der Waals surface area contributed by atoms with E-state index in [1.165, 1.54) is 0 Å². The molecule has 2 aromatic rings. The van der Waals surface area contributed by atoms with Crippen molar-refractivity contribution in [3.63, 3.8) is 0 Å². The molecule has 0 aromatic heterocycles. The lowest BCUT2D eigenvalue weighted by atomic mass is 10.1. The SMILES string of the molecule is Cc1cc(C#N)ccc1CS(=O)c1cc(Br)ccc1N. The van der Waals surface area contributed by atoms with Crippen molar-refractivity contribution in [1.29, 1.82) is 5.26 Å². The van der Waals surface area contributed by atoms with Gasteiger partial charge in [0.2, 0.25) is 0 Å². The summed E-state index contributed by atoms with van der Waals surface area (Å²) >= 11 is 3.36. The molecule has 3 nitrogen and oxygen atoms in total. The molecular weight excluding hydrogens is 336 g/mol. The molecular formula is C15H13BrN2OS. The summed E-state index contributed by atoms with van der Waals surface area (Å²) in [4.78, 5) is 0.628. The van der Waals surface area contributed by atoms with Gasteiger partial charge < -0.3 is 5.73 Å². The van der Waals surface area contributed by atoms with Crippen molar-refractivity contribution < 1.29 is 4.21 Å². The van der Waals surface area contributed by atoms with Crippen molar-refractivity contribution in [3.8, 4) is 6.07 Å². The molecule has 0 heterocycles. The zero-order valence-corrected chi connectivity index (χ0v) is 13.3. The van der Waals surface area contributed by atoms with E-state index in [9.17, 15) is 4.21 Å². The average molecular weight is 349 g/mol. The van der Waals surface area contributed by atoms with Gasteiger partial charge in [0.05, 0.1) is 33.1 Å². The molecule has 0 radical (unpaired) electrons. The third-order valence-corrected chi connectivity index (χ3v) is 4.89. The predicted molar refractivity (Wildman–Crippen MR) is 84.6 cm³/mol. The van der Waals surface area contributed by atoms with E-state index < -0.39 is 10.8 Å². The Balaban J connectivity index is 2.28. The molecule has 102 valence electrons. The number of anilines is 1. The van der Waals surface area contributed by atoms with Gasteiger partial charge in [0, 0.05) is 10.2 Å². The normalized spacial score (nSPS) is 11.8. The second-order valence-corrected chi connectivity index (χ2v) is 6.76. The van der Waals surface area contributed by atoms with Crippen molar-refractivity contribution >= 4 is 32.4 Å². The lowest BCUT2D eigenvalue weighted by Gasteiger charge is -2.09. The number of halogens is 1. The van der Waals surface area contributed by atoms with Gasteiger partial charge in [-0.15, -0.1) is 0 Å². The molecule has 5 heteroatoms. The van der Waals surface area contributed by atoms with Crippen LogP contribution >= 0.6 is 15.9 Å². The minimum atomic E-state index is -1.21. The molecule has 2 N–H and O–H groups in total. The van der Waals surface area contributed by atoms with Crippen LogP contribution in [0.1, 0.15) is 16.7 Å². The number of nitrogens with zero attached hydrogens (tertiary/aromatic N) is 1. The molecule has 0 aliphatic rings. The minimum absolute atomic E-state index is 0.387. The number of benzene rings is 2. The van der Waals surface area contributed by atoms with E-state index in [4.69, 9.17) is 11.0 Å². The summed E-state index contributed by atoms with van der Waals surface area (Å²) in [5.74, 6) is 0.387. The van der Waals surface area contributed by atoms with Gasteiger partial charge in [-0.1, -0.05) is 22.0 Å². The van der Waals surface area contributed by atoms with Gasteiger partial charge >= 0.3 is 0 Å². The molecule has 0 fully saturated rings. The highest BCUT2D eigenvalue weighted by molar-refractivity contribution is 9.10. The van der Waals surface area contributed by atoms with Gasteiger partial charge in [-0.05, 0) is 48.4 Å². The second-order valence-electron chi connectivity index (χ2n) is 4.43. The van der Waals surface area contributed by atoms with Gasteiger partial charge in [-0.25, -0.2) is 0 Å². The molecule has 2 aromatic carbocycles. The van der Waals surface area contributed by atoms with Gasteiger partial charge in [-0.3, -0.25) is 4.21 Å². The highest BCUT2D eigenvalue weighted by Crippen LogP contribution is 2.24. The summed E-state index contributed by atoms with van der Waals surface area (Å²) in [6.07, 6.45) is 0. The number of rotatable bonds is 3. The number of aryl methyl sites for hydroxylation is 1. The van der Waals surface area contributed by atoms with Crippen molar-refractivity contribution in [2.45, 2.75) is 17.6 Å². The van der Waals surface area contributed by atoms with Crippen LogP contribution in [0.15, 0.2) is 45.8 Å². The summed E-state index contributed by atoms with van der Waals surface area (Å²) in [6.45, 7) is 1.91. The average Bonchev–Trinajstić information content (AvgIpc) is 2.43. The molecule has 1 atom stereocenters. The molecule has 1 unspecified atom stereocenters. The van der Waals surface area contributed by atoms with Crippen LogP contribution in [0, 0.1) is 18.3 Å². The molecule has 0 bridgehead atoms. The predicted octanol–water partition coefficient (Wildman–Crippen LogP) is 3.52. The molecule has 0 saturated carbocycles. The summed E-state index contributed by atoms with van der Waals surface area (Å²) in [5.41, 5.74) is 8.93. The molecule has 2 rings (SSSR count). The quantitative estimate of drug-likeness (QED) is 0.862. The molecule has 0 aliphatic heterocycles. The van der Waals surface area contributed by atoms with E-state index in [2.05, 4.69) is 22.0 Å². The summed E-state index contributed by atoms with van der Waals surface area (Å²) < 4.78 is 13.3. The Kier molecular flexibility index (Phi) is 4.58. The van der Waals surface area contributed by atoms with Gasteiger partial charge in [0.15, 0.2) is 0 Å². The zero-order chi connectivity index (χ0) is 14.7. The summed E-state index contributed by atoms with van der Waals surface area (Å²) in [7, 11) is -1.21. The van der Waals surface area contributed by atoms with Crippen molar-refractivity contribution in [1.82, 2.24) is 0 Å². The third kappa shape index (κ3) is 3.27. The minimum Gasteiger partial charge on any atom is -0.398 e. The monoisotopic (exact) mass is 348 g/mol. The Labute approximate surface area is 129 Å². The fraction of sp³-hybridized carbons (Fsp3) is 0.133. The first-order valence-corrected chi connectivity index (χ1v) is 8.05. The van der Waals surface area contributed by atoms with Gasteiger partial charge in [-0.2, -0.15) is 5.26 Å². The van der Waals surface area contributed by atoms with E-state index in [-0.39, 0.29) is 0 Å². The number of hydrogen-bond acceptors (Lipinski definition) is 3. The van der Waals surface area contributed by atoms with E-state index in [1.807, 2.05) is 19.1 Å². The van der Waals surface area contributed by atoms with E-state index in [0.29, 0.717) is 21.9 Å². The Morgan fingerprint density at radius 2 is 2.05 bits per heavy atom. The van der Waals surface area contributed by atoms with Crippen molar-refractivity contribution in [2.24, 2.45) is 0 Å². The van der Waals surface area contributed by atoms with Crippen LogP contribution in [0.4, 0.5) is 5.69 Å². The Morgan fingerprint density at radius 1 is 1.30 bits per heavy atom. The molecule has 0 aliphatic carbocycles. The maximum Gasteiger partial charge on any atom is 0.0991 e. The first kappa shape index (κ1) is 14.8. The van der Waals surface area contributed by atoms with Crippen LogP contribution in [-0.2, 0) is 16.6 Å². The molecule has 20 heavy (non-hydrogen) atoms. The maximum absolute atomic E-state index is 12.4. The Bertz CT molecular complexity index is 722. The lowest BCUT2D eigenvalue weighted by Crippen LogP contribution is -2.02. The van der Waals surface area contributed by atoms with E-state index in [0.717, 1.165) is 15.6 Å². The topological polar surface area (TPSA) is 66.9 Å². The fourth-order valence-electron chi connectivity index (χ4n) is 1.85. The second kappa shape index (κ2) is 6.21. The van der Waals surface area contributed by atoms with Crippen LogP contribution in [0.3, 0.4) is 0 Å². The number of nitriles is 1. The number of hydrogen-bond donors (Lipinski definition) is 1. The fourth-order valence-corrected chi connectivity index (χ4v) is 3.72. The highest BCUT2D eigenvalue weighted by atomic mass is 79.9. The van der Waals surface area contributed by atoms with Crippen molar-refractivity contribution in [3.05, 3.63) is 57.6 Å². The maximum atomic E-state index is 12.4. The van der Waals surface area contributed by atoms with Crippen LogP contribution in [0.25, 0.3) is 0 Å². The summed E-state index contributed by atoms with van der Waals surface area (Å²) in [6, 6.07) is 12.8. The lowest BCUT2D eigenvalue weighted by molar-refractivity contribution is 0.682. The standard InChI is InChI=1S/C15H13BrN2OS/c1-10-6-11(8-17)2-3-12(10)9-20(19)15-7-13(16)4-5-14(15)18/h2-7H,9,18H2,1H3. The van der Waals surface area contributed by atoms with Crippen LogP contribution in [-0.4, -0.2) is 4.21 Å². The van der Waals surface area contributed by atoms with Gasteiger partial charge in [0.1, 0.15) is 0 Å². The van der Waals surface area contributed by atoms with Gasteiger partial charge in [0.25, 0.3) is 0 Å². The van der Waals surface area contributed by atoms with Crippen LogP contribution in [0.5, 0.6) is 0 Å². The smallest absolute Gasteiger partial charge is 0.0991 e. The molecule has 0 saturated heterocycles. The highest BCUT2D eigenvalue weighted by Gasteiger charge is 2.11. The zero-order valence-electron chi connectivity index (χ0n) is 10.9.